The van der Waals surface area contributed by atoms with Crippen LogP contribution in [0.5, 0.6) is 5.88 Å². The van der Waals surface area contributed by atoms with Gasteiger partial charge in [0.05, 0.1) is 24.9 Å². The maximum Gasteiger partial charge on any atom is 0.294 e. The number of carbonyl (C=O) groups excluding carboxylic acids is 2. The van der Waals surface area contributed by atoms with Gasteiger partial charge in [0.15, 0.2) is 0 Å². The largest absolute Gasteiger partial charge is 0.481 e. The van der Waals surface area contributed by atoms with E-state index in [0.29, 0.717) is 19.0 Å². The first-order valence-corrected chi connectivity index (χ1v) is 10.5. The molecule has 2 amide bonds. The minimum absolute atomic E-state index is 0.0930. The first-order valence-electron chi connectivity index (χ1n) is 10.5. The van der Waals surface area contributed by atoms with Crippen molar-refractivity contribution < 1.29 is 19.1 Å². The molecule has 0 saturated carbocycles. The summed E-state index contributed by atoms with van der Waals surface area (Å²) in [4.78, 5) is 38.3. The number of carbonyl (C=O) groups is 2. The number of hydrogen-bond acceptors (Lipinski definition) is 7. The summed E-state index contributed by atoms with van der Waals surface area (Å²) in [5, 5.41) is 4.37. The molecule has 0 bridgehead atoms. The van der Waals surface area contributed by atoms with Gasteiger partial charge in [0.2, 0.25) is 11.7 Å². The third-order valence-corrected chi connectivity index (χ3v) is 5.62. The van der Waals surface area contributed by atoms with Crippen molar-refractivity contribution in [2.24, 2.45) is 0 Å². The lowest BCUT2D eigenvalue weighted by Crippen LogP contribution is -2.65. The lowest BCUT2D eigenvalue weighted by molar-refractivity contribution is -0.0215. The third-order valence-electron chi connectivity index (χ3n) is 5.62. The van der Waals surface area contributed by atoms with Crippen LogP contribution in [0.2, 0.25) is 0 Å². The molecule has 0 spiro atoms. The Labute approximate surface area is 191 Å². The van der Waals surface area contributed by atoms with E-state index in [1.165, 1.54) is 13.4 Å². The molecule has 3 heterocycles. The van der Waals surface area contributed by atoms with Crippen molar-refractivity contribution in [1.29, 1.82) is 0 Å². The van der Waals surface area contributed by atoms with Crippen LogP contribution >= 0.6 is 0 Å². The molecule has 1 aromatic carbocycles. The van der Waals surface area contributed by atoms with Crippen molar-refractivity contribution in [3.8, 4) is 11.6 Å². The molecular weight excluding hydrogens is 424 g/mol. The predicted molar refractivity (Wildman–Crippen MR) is 119 cm³/mol. The maximum absolute atomic E-state index is 13.4. The zero-order valence-electron chi connectivity index (χ0n) is 18.8. The maximum atomic E-state index is 13.4. The van der Waals surface area contributed by atoms with Gasteiger partial charge >= 0.3 is 0 Å². The van der Waals surface area contributed by atoms with Gasteiger partial charge in [-0.05, 0) is 25.1 Å². The summed E-state index contributed by atoms with van der Waals surface area (Å²) >= 11 is 0. The molecule has 1 aliphatic rings. The lowest BCUT2D eigenvalue weighted by Gasteiger charge is -2.48. The topological polar surface area (TPSA) is 103 Å². The lowest BCUT2D eigenvalue weighted by atomic mass is 9.96. The van der Waals surface area contributed by atoms with E-state index in [2.05, 4.69) is 15.1 Å². The van der Waals surface area contributed by atoms with E-state index in [4.69, 9.17) is 9.47 Å². The summed E-state index contributed by atoms with van der Waals surface area (Å²) < 4.78 is 12.1. The van der Waals surface area contributed by atoms with Crippen molar-refractivity contribution in [3.05, 3.63) is 66.4 Å². The molecule has 172 valence electrons. The number of benzene rings is 1. The van der Waals surface area contributed by atoms with Crippen LogP contribution in [0.25, 0.3) is 5.69 Å². The molecule has 3 aromatic rings. The van der Waals surface area contributed by atoms with Gasteiger partial charge in [-0.15, -0.1) is 5.10 Å². The highest BCUT2D eigenvalue weighted by molar-refractivity contribution is 5.94. The summed E-state index contributed by atoms with van der Waals surface area (Å²) in [5.41, 5.74) is 0.332. The molecule has 1 fully saturated rings. The number of amides is 2. The highest BCUT2D eigenvalue weighted by atomic mass is 16.5. The number of methoxy groups -OCH3 is 2. The van der Waals surface area contributed by atoms with E-state index < -0.39 is 5.54 Å². The van der Waals surface area contributed by atoms with Gasteiger partial charge in [0.25, 0.3) is 11.8 Å². The van der Waals surface area contributed by atoms with Crippen LogP contribution in [-0.2, 0) is 4.74 Å². The average Bonchev–Trinajstić information content (AvgIpc) is 3.34. The number of pyridine rings is 1. The molecule has 2 aromatic heterocycles. The first kappa shape index (κ1) is 22.4. The van der Waals surface area contributed by atoms with E-state index in [1.54, 1.807) is 39.8 Å². The highest BCUT2D eigenvalue weighted by Gasteiger charge is 2.43. The van der Waals surface area contributed by atoms with Gasteiger partial charge in [0, 0.05) is 32.8 Å². The van der Waals surface area contributed by atoms with Crippen molar-refractivity contribution in [2.45, 2.75) is 12.5 Å². The highest BCUT2D eigenvalue weighted by Crippen LogP contribution is 2.25. The third kappa shape index (κ3) is 4.56. The van der Waals surface area contributed by atoms with Gasteiger partial charge in [-0.3, -0.25) is 9.59 Å². The summed E-state index contributed by atoms with van der Waals surface area (Å²) in [6.07, 6.45) is 1.52. The Morgan fingerprint density at radius 1 is 1.03 bits per heavy atom. The Morgan fingerprint density at radius 2 is 1.82 bits per heavy atom. The molecule has 10 heteroatoms. The van der Waals surface area contributed by atoms with Crippen LogP contribution in [0.1, 0.15) is 28.0 Å². The fourth-order valence-corrected chi connectivity index (χ4v) is 4.02. The van der Waals surface area contributed by atoms with E-state index in [-0.39, 0.29) is 36.5 Å². The second kappa shape index (κ2) is 9.37. The number of piperazine rings is 1. The molecule has 1 atom stereocenters. The molecule has 1 saturated heterocycles. The second-order valence-corrected chi connectivity index (χ2v) is 8.03. The molecule has 1 unspecified atom stereocenters. The van der Waals surface area contributed by atoms with Gasteiger partial charge in [-0.1, -0.05) is 24.3 Å². The number of para-hydroxylation sites is 1. The summed E-state index contributed by atoms with van der Waals surface area (Å²) in [7, 11) is 3.07. The standard InChI is InChI=1S/C23H26N6O4/c1-23(15-32-2)14-27(21(30)18-10-7-11-19(25-18)33-3)12-13-28(23)22(31)20-24-16-29(26-20)17-8-5-4-6-9-17/h4-11,16H,12-15H2,1-3H3. The summed E-state index contributed by atoms with van der Waals surface area (Å²) in [6, 6.07) is 14.5. The molecule has 33 heavy (non-hydrogen) atoms. The molecule has 0 aliphatic carbocycles. The van der Waals surface area contributed by atoms with Crippen molar-refractivity contribution >= 4 is 11.8 Å². The number of nitrogens with zero attached hydrogens (tertiary/aromatic N) is 6. The Balaban J connectivity index is 1.54. The molecule has 4 rings (SSSR count). The second-order valence-electron chi connectivity index (χ2n) is 8.03. The smallest absolute Gasteiger partial charge is 0.294 e. The Hall–Kier alpha value is -3.79. The van der Waals surface area contributed by atoms with Crippen molar-refractivity contribution in [1.82, 2.24) is 29.5 Å². The van der Waals surface area contributed by atoms with Crippen LogP contribution in [-0.4, -0.2) is 87.4 Å². The number of hydrogen-bond donors (Lipinski definition) is 0. The quantitative estimate of drug-likeness (QED) is 0.563. The van der Waals surface area contributed by atoms with E-state index in [0.717, 1.165) is 5.69 Å². The summed E-state index contributed by atoms with van der Waals surface area (Å²) in [5.74, 6) is -0.0737. The molecular formula is C23H26N6O4. The Bertz CT molecular complexity index is 1130. The number of aromatic nitrogens is 4. The van der Waals surface area contributed by atoms with E-state index in [1.807, 2.05) is 37.3 Å². The summed E-state index contributed by atoms with van der Waals surface area (Å²) in [6.45, 7) is 3.08. The van der Waals surface area contributed by atoms with Crippen LogP contribution in [0.3, 0.4) is 0 Å². The predicted octanol–water partition coefficient (Wildman–Crippen LogP) is 1.67. The normalized spacial score (nSPS) is 18.3. The van der Waals surface area contributed by atoms with Gasteiger partial charge in [-0.25, -0.2) is 14.6 Å². The zero-order chi connectivity index (χ0) is 23.4. The van der Waals surface area contributed by atoms with Gasteiger partial charge in [-0.2, -0.15) is 0 Å². The van der Waals surface area contributed by atoms with Crippen LogP contribution in [0.15, 0.2) is 54.9 Å². The fourth-order valence-electron chi connectivity index (χ4n) is 4.02. The zero-order valence-corrected chi connectivity index (χ0v) is 18.8. The van der Waals surface area contributed by atoms with Crippen LogP contribution < -0.4 is 4.74 Å². The molecule has 0 radical (unpaired) electrons. The van der Waals surface area contributed by atoms with Crippen LogP contribution in [0.4, 0.5) is 0 Å². The molecule has 10 nitrogen and oxygen atoms in total. The van der Waals surface area contributed by atoms with E-state index in [9.17, 15) is 9.59 Å². The van der Waals surface area contributed by atoms with Crippen LogP contribution in [0, 0.1) is 0 Å². The van der Waals surface area contributed by atoms with E-state index >= 15 is 0 Å². The first-order chi connectivity index (χ1) is 15.9. The average molecular weight is 450 g/mol. The minimum Gasteiger partial charge on any atom is -0.481 e. The van der Waals surface area contributed by atoms with Gasteiger partial charge < -0.3 is 19.3 Å². The number of ether oxygens (including phenoxy) is 2. The monoisotopic (exact) mass is 450 g/mol. The molecule has 1 aliphatic heterocycles. The minimum atomic E-state index is -0.767. The van der Waals surface area contributed by atoms with Crippen molar-refractivity contribution in [2.75, 3.05) is 40.5 Å². The number of rotatable bonds is 6. The molecule has 0 N–H and O–H groups in total. The fraction of sp³-hybridized carbons (Fsp3) is 0.348. The van der Waals surface area contributed by atoms with Gasteiger partial charge in [0.1, 0.15) is 12.0 Å². The SMILES string of the molecule is COCC1(C)CN(C(=O)c2cccc(OC)n2)CCN1C(=O)c1ncn(-c2ccccc2)n1. The Kier molecular flexibility index (Phi) is 6.36. The van der Waals surface area contributed by atoms with Crippen molar-refractivity contribution in [3.63, 3.8) is 0 Å². The Morgan fingerprint density at radius 3 is 2.55 bits per heavy atom.